The van der Waals surface area contributed by atoms with E-state index in [1.165, 1.54) is 0 Å². The van der Waals surface area contributed by atoms with Crippen molar-refractivity contribution in [2.45, 2.75) is 0 Å². The van der Waals surface area contributed by atoms with Crippen LogP contribution in [0.4, 0.5) is 4.79 Å². The normalized spacial score (nSPS) is 14.4. The van der Waals surface area contributed by atoms with E-state index in [1.807, 2.05) is 17.1 Å². The number of carboxylic acid groups (broad SMARTS) is 1. The zero-order valence-electron chi connectivity index (χ0n) is 4.70. The predicted octanol–water partition coefficient (Wildman–Crippen LogP) is -0.770. The van der Waals surface area contributed by atoms with Gasteiger partial charge in [0, 0.05) is 0 Å². The first-order valence-electron chi connectivity index (χ1n) is 2.57. The molecule has 0 aromatic heterocycles. The van der Waals surface area contributed by atoms with Gasteiger partial charge < -0.3 is 0 Å². The predicted molar refractivity (Wildman–Crippen MR) is 35.2 cm³/mol. The second kappa shape index (κ2) is 3.34. The molecule has 4 heteroatoms. The summed E-state index contributed by atoms with van der Waals surface area (Å²) in [6, 6.07) is 0. The van der Waals surface area contributed by atoms with E-state index in [9.17, 15) is 9.90 Å². The van der Waals surface area contributed by atoms with Gasteiger partial charge in [0.15, 0.2) is 0 Å². The molecule has 1 aliphatic heterocycles. The van der Waals surface area contributed by atoms with E-state index in [1.54, 1.807) is 0 Å². The molecule has 1 heterocycles. The van der Waals surface area contributed by atoms with Crippen LogP contribution in [0.25, 0.3) is 0 Å². The second-order valence-electron chi connectivity index (χ2n) is 1.65. The van der Waals surface area contributed by atoms with Gasteiger partial charge >= 0.3 is 62.5 Å². The quantitative estimate of drug-likeness (QED) is 0.563. The Kier molecular flexibility index (Phi) is 2.68. The van der Waals surface area contributed by atoms with Crippen LogP contribution in [0.3, 0.4) is 0 Å². The van der Waals surface area contributed by atoms with Gasteiger partial charge in [0.25, 0.3) is 0 Å². The molecule has 44 valence electrons. The number of hydrogen-bond acceptors (Lipinski definition) is 2. The van der Waals surface area contributed by atoms with Gasteiger partial charge in [-0.25, -0.2) is 0 Å². The summed E-state index contributed by atoms with van der Waals surface area (Å²) in [4.78, 5) is 11.4. The van der Waals surface area contributed by atoms with Gasteiger partial charge in [-0.1, -0.05) is 0 Å². The number of carbonyl (C=O) groups is 1. The van der Waals surface area contributed by atoms with E-state index in [0.29, 0.717) is 0 Å². The molecule has 1 aliphatic rings. The average Bonchev–Trinajstić information content (AvgIpc) is 1.90. The Hall–Kier alpha value is 0.129. The Balaban J connectivity index is 2.84. The van der Waals surface area contributed by atoms with Crippen molar-refractivity contribution in [3.63, 3.8) is 0 Å². The van der Waals surface area contributed by atoms with Crippen LogP contribution in [0.15, 0.2) is 21.7 Å². The van der Waals surface area contributed by atoms with E-state index in [-0.39, 0.29) is 0 Å². The molecule has 0 amide bonds. The monoisotopic (exact) mass is 239 g/mol. The third-order valence-corrected chi connectivity index (χ3v) is 15.5. The Bertz CT molecular complexity index is 217. The molecule has 2 nitrogen and oxygen atoms in total. The van der Waals surface area contributed by atoms with E-state index in [2.05, 4.69) is 4.63 Å². The van der Waals surface area contributed by atoms with Crippen LogP contribution >= 0.6 is 0 Å². The van der Waals surface area contributed by atoms with E-state index < -0.39 is 30.9 Å². The summed E-state index contributed by atoms with van der Waals surface area (Å²) in [6.07, 6.45) is 3.78. The summed E-state index contributed by atoms with van der Waals surface area (Å²) in [5.74, 6) is 0. The van der Waals surface area contributed by atoms with E-state index in [0.717, 1.165) is 0 Å². The van der Waals surface area contributed by atoms with Crippen molar-refractivity contribution in [2.24, 2.45) is 0 Å². The number of carbonyl (C=O) groups excluding carboxylic acids is 1. The molecule has 0 aliphatic carbocycles. The second-order valence-corrected chi connectivity index (χ2v) is 17.0. The van der Waals surface area contributed by atoms with Crippen molar-refractivity contribution in [1.29, 1.82) is 0 Å². The van der Waals surface area contributed by atoms with Gasteiger partial charge in [0.1, 0.15) is 0 Å². The molecular weight excluding hydrogens is 234 g/mol. The molecule has 0 aromatic rings. The maximum absolute atomic E-state index is 10.3. The van der Waals surface area contributed by atoms with Crippen LogP contribution in [-0.2, 0) is 0 Å². The Labute approximate surface area is 62.5 Å². The standard InChI is InChI=1S/C5H5GeO2.Ga/c1-2-3-4-6-5(7)8;/h1-4H,(H,7,8);/p-1. The first-order valence-corrected chi connectivity index (χ1v) is 13.7. The van der Waals surface area contributed by atoms with Crippen LogP contribution in [-0.4, -0.2) is 30.9 Å². The van der Waals surface area contributed by atoms with Crippen LogP contribution < -0.4 is 5.11 Å². The molecule has 9 heavy (non-hydrogen) atoms. The summed E-state index contributed by atoms with van der Waals surface area (Å²) in [5.41, 5.74) is 0. The molecule has 0 radical (unpaired) electrons. The number of rotatable bonds is 1. The molecule has 0 spiro atoms. The van der Waals surface area contributed by atoms with Crippen molar-refractivity contribution < 1.29 is 9.90 Å². The van der Waals surface area contributed by atoms with E-state index >= 15 is 0 Å². The molecule has 0 fully saturated rings. The molecule has 0 aromatic carbocycles. The van der Waals surface area contributed by atoms with Crippen LogP contribution in [0.2, 0.25) is 0 Å². The number of hydrogen-bond donors (Lipinski definition) is 0. The van der Waals surface area contributed by atoms with Gasteiger partial charge in [-0.15, -0.1) is 0 Å². The summed E-state index contributed by atoms with van der Waals surface area (Å²) >= 11 is -2.28. The summed E-state index contributed by atoms with van der Waals surface area (Å²) in [5, 5.41) is 10.3. The molecule has 1 rings (SSSR count). The molecule has 0 bridgehead atoms. The fraction of sp³-hybridized carbons (Fsp3) is 0. The van der Waals surface area contributed by atoms with Crippen LogP contribution in [0.5, 0.6) is 0 Å². The molecule has 0 saturated heterocycles. The van der Waals surface area contributed by atoms with Crippen molar-refractivity contribution >= 4 is 30.9 Å². The first kappa shape index (κ1) is 7.24. The summed E-state index contributed by atoms with van der Waals surface area (Å²) < 4.78 is 2.05. The molecular formula is C5H4GaGeO2-. The minimum absolute atomic E-state index is 0.528. The Morgan fingerprint density at radius 3 is 2.67 bits per heavy atom. The fourth-order valence-electron chi connectivity index (χ4n) is 0.574. The zero-order valence-corrected chi connectivity index (χ0v) is 9.22. The maximum atomic E-state index is 10.3. The van der Waals surface area contributed by atoms with Gasteiger partial charge in [0.05, 0.1) is 0 Å². The van der Waals surface area contributed by atoms with Gasteiger partial charge in [0.2, 0.25) is 0 Å². The van der Waals surface area contributed by atoms with Gasteiger partial charge in [-0.2, -0.15) is 0 Å². The Morgan fingerprint density at radius 1 is 1.56 bits per heavy atom. The topological polar surface area (TPSA) is 40.1 Å². The van der Waals surface area contributed by atoms with Gasteiger partial charge in [-0.3, -0.25) is 0 Å². The SMILES string of the molecule is O=[C]([O-])[Ge]1=[Ga][CH]=CC=[CH]1. The fourth-order valence-corrected chi connectivity index (χ4v) is 10.4. The first-order chi connectivity index (χ1) is 4.30. The summed E-state index contributed by atoms with van der Waals surface area (Å²) in [6.45, 7) is 0. The number of allylic oxidation sites excluding steroid dienone is 2. The molecule has 0 saturated carbocycles. The van der Waals surface area contributed by atoms with E-state index in [4.69, 9.17) is 0 Å². The average molecular weight is 238 g/mol. The third kappa shape index (κ3) is 2.08. The van der Waals surface area contributed by atoms with Crippen molar-refractivity contribution in [3.8, 4) is 0 Å². The molecule has 0 N–H and O–H groups in total. The van der Waals surface area contributed by atoms with Crippen molar-refractivity contribution in [1.82, 2.24) is 0 Å². The zero-order chi connectivity index (χ0) is 6.69. The van der Waals surface area contributed by atoms with Gasteiger partial charge in [-0.05, 0) is 0 Å². The Morgan fingerprint density at radius 2 is 2.33 bits per heavy atom. The molecule has 0 unspecified atom stereocenters. The molecule has 0 atom stereocenters. The minimum atomic E-state index is -1.76. The third-order valence-electron chi connectivity index (χ3n) is 1.01. The van der Waals surface area contributed by atoms with Crippen molar-refractivity contribution in [2.75, 3.05) is 0 Å². The van der Waals surface area contributed by atoms with Crippen LogP contribution in [0, 0.1) is 0 Å². The summed E-state index contributed by atoms with van der Waals surface area (Å²) in [7, 11) is 0. The van der Waals surface area contributed by atoms with Crippen molar-refractivity contribution in [3.05, 3.63) is 21.7 Å². The van der Waals surface area contributed by atoms with Crippen LogP contribution in [0.1, 0.15) is 0 Å².